The topological polar surface area (TPSA) is 26.7 Å². The highest BCUT2D eigenvalue weighted by atomic mass is 16.3. The van der Waals surface area contributed by atoms with Gasteiger partial charge in [-0.05, 0) is 26.2 Å². The molecule has 0 aliphatic rings. The first-order valence-electron chi connectivity index (χ1n) is 11.7. The van der Waals surface area contributed by atoms with Gasteiger partial charge in [0.1, 0.15) is 0 Å². The summed E-state index contributed by atoms with van der Waals surface area (Å²) in [7, 11) is 4.34. The van der Waals surface area contributed by atoms with Crippen molar-refractivity contribution in [3.63, 3.8) is 0 Å². The molecule has 1 atom stereocenters. The van der Waals surface area contributed by atoms with E-state index in [0.29, 0.717) is 0 Å². The third-order valence-corrected chi connectivity index (χ3v) is 5.52. The minimum absolute atomic E-state index is 0.167. The molecule has 3 nitrogen and oxygen atoms in total. The Hall–Kier alpha value is -0.120. The maximum atomic E-state index is 9.32. The Morgan fingerprint density at radius 1 is 0.577 bits per heavy atom. The first-order valence-corrected chi connectivity index (χ1v) is 11.7. The second kappa shape index (κ2) is 19.6. The van der Waals surface area contributed by atoms with E-state index in [9.17, 15) is 5.11 Å². The molecule has 0 aromatic rings. The van der Waals surface area contributed by atoms with Crippen LogP contribution in [0, 0.1) is 0 Å². The van der Waals surface area contributed by atoms with Crippen molar-refractivity contribution in [3.8, 4) is 0 Å². The number of hydrogen-bond acceptors (Lipinski definition) is 3. The first kappa shape index (κ1) is 25.9. The molecule has 0 aliphatic carbocycles. The molecule has 0 heterocycles. The lowest BCUT2D eigenvalue weighted by molar-refractivity contribution is 0.0211. The quantitative estimate of drug-likeness (QED) is 0.198. The van der Waals surface area contributed by atoms with Crippen LogP contribution in [0.3, 0.4) is 0 Å². The van der Waals surface area contributed by atoms with Crippen LogP contribution >= 0.6 is 0 Å². The van der Waals surface area contributed by atoms with E-state index in [1.165, 1.54) is 89.9 Å². The Kier molecular flexibility index (Phi) is 19.5. The fraction of sp³-hybridized carbons (Fsp3) is 1.00. The molecule has 0 radical (unpaired) electrons. The summed E-state index contributed by atoms with van der Waals surface area (Å²) in [4.78, 5) is 0. The number of aliphatic hydroxyl groups excluding tert-OH is 1. The van der Waals surface area contributed by atoms with E-state index in [-0.39, 0.29) is 6.10 Å². The highest BCUT2D eigenvalue weighted by Gasteiger charge is 2.06. The molecule has 0 fully saturated rings. The summed E-state index contributed by atoms with van der Waals surface area (Å²) in [6.07, 6.45) is 21.7. The van der Waals surface area contributed by atoms with E-state index in [2.05, 4.69) is 31.0 Å². The highest BCUT2D eigenvalue weighted by Crippen LogP contribution is 2.13. The molecule has 0 bridgehead atoms. The molecule has 0 saturated carbocycles. The zero-order valence-corrected chi connectivity index (χ0v) is 18.6. The molecular formula is C23H50N2O. The van der Waals surface area contributed by atoms with E-state index < -0.39 is 0 Å². The smallest absolute Gasteiger partial charge is 0.0512 e. The Morgan fingerprint density at radius 3 is 1.31 bits per heavy atom. The summed E-state index contributed by atoms with van der Waals surface area (Å²) in [6.45, 7) is 6.36. The van der Waals surface area contributed by atoms with Gasteiger partial charge in [-0.2, -0.15) is 0 Å². The molecule has 0 amide bonds. The molecule has 1 N–H and O–H groups in total. The second-order valence-corrected chi connectivity index (χ2v) is 8.35. The zero-order valence-electron chi connectivity index (χ0n) is 18.6. The van der Waals surface area contributed by atoms with Crippen molar-refractivity contribution in [2.24, 2.45) is 0 Å². The lowest BCUT2D eigenvalue weighted by Gasteiger charge is -2.28. The van der Waals surface area contributed by atoms with Crippen LogP contribution in [-0.4, -0.2) is 48.4 Å². The Labute approximate surface area is 165 Å². The van der Waals surface area contributed by atoms with Crippen LogP contribution in [-0.2, 0) is 0 Å². The fourth-order valence-electron chi connectivity index (χ4n) is 3.49. The number of aliphatic hydroxyl groups is 1. The van der Waals surface area contributed by atoms with Gasteiger partial charge < -0.3 is 5.11 Å². The molecule has 1 unspecified atom stereocenters. The predicted molar refractivity (Wildman–Crippen MR) is 116 cm³/mol. The molecule has 0 aliphatic heterocycles. The van der Waals surface area contributed by atoms with Crippen molar-refractivity contribution >= 4 is 0 Å². The molecule has 26 heavy (non-hydrogen) atoms. The van der Waals surface area contributed by atoms with E-state index >= 15 is 0 Å². The van der Waals surface area contributed by atoms with Gasteiger partial charge >= 0.3 is 0 Å². The van der Waals surface area contributed by atoms with Gasteiger partial charge in [0.2, 0.25) is 0 Å². The summed E-state index contributed by atoms with van der Waals surface area (Å²) in [6, 6.07) is 0. The Balaban J connectivity index is 3.25. The summed E-state index contributed by atoms with van der Waals surface area (Å²) < 4.78 is 0. The SMILES string of the molecule is CCCCCCCCCCCCCCCCN(C)N(C)CCCC(C)O. The van der Waals surface area contributed by atoms with Crippen molar-refractivity contribution in [2.75, 3.05) is 27.2 Å². The van der Waals surface area contributed by atoms with Gasteiger partial charge in [0.05, 0.1) is 6.10 Å². The maximum absolute atomic E-state index is 9.32. The number of rotatable bonds is 20. The molecule has 158 valence electrons. The first-order chi connectivity index (χ1) is 12.6. The normalized spacial score (nSPS) is 13.0. The molecule has 0 aromatic heterocycles. The third kappa shape index (κ3) is 18.7. The number of hydrazine groups is 1. The maximum Gasteiger partial charge on any atom is 0.0512 e. The average Bonchev–Trinajstić information content (AvgIpc) is 2.61. The standard InChI is InChI=1S/C23H50N2O/c1-5-6-7-8-9-10-11-12-13-14-15-16-17-18-21-24(3)25(4)22-19-20-23(2)26/h23,26H,5-22H2,1-4H3. The minimum Gasteiger partial charge on any atom is -0.393 e. The van der Waals surface area contributed by atoms with Crippen molar-refractivity contribution in [1.82, 2.24) is 10.0 Å². The summed E-state index contributed by atoms with van der Waals surface area (Å²) >= 11 is 0. The van der Waals surface area contributed by atoms with E-state index in [1.807, 2.05) is 6.92 Å². The Bertz CT molecular complexity index is 271. The van der Waals surface area contributed by atoms with Crippen LogP contribution < -0.4 is 0 Å². The van der Waals surface area contributed by atoms with Gasteiger partial charge in [0, 0.05) is 27.2 Å². The number of unbranched alkanes of at least 4 members (excludes halogenated alkanes) is 13. The minimum atomic E-state index is -0.167. The Morgan fingerprint density at radius 2 is 0.923 bits per heavy atom. The van der Waals surface area contributed by atoms with Crippen LogP contribution in [0.1, 0.15) is 117 Å². The van der Waals surface area contributed by atoms with Gasteiger partial charge in [-0.15, -0.1) is 0 Å². The average molecular weight is 371 g/mol. The molecule has 0 saturated heterocycles. The van der Waals surface area contributed by atoms with Gasteiger partial charge in [-0.3, -0.25) is 0 Å². The summed E-state index contributed by atoms with van der Waals surface area (Å²) in [5.41, 5.74) is 0. The van der Waals surface area contributed by atoms with Gasteiger partial charge in [0.25, 0.3) is 0 Å². The lowest BCUT2D eigenvalue weighted by atomic mass is 10.0. The van der Waals surface area contributed by atoms with E-state index in [1.54, 1.807) is 0 Å². The van der Waals surface area contributed by atoms with Gasteiger partial charge in [-0.1, -0.05) is 90.4 Å². The lowest BCUT2D eigenvalue weighted by Crippen LogP contribution is -2.38. The zero-order chi connectivity index (χ0) is 19.5. The molecule has 0 aromatic carbocycles. The van der Waals surface area contributed by atoms with Crippen LogP contribution in [0.2, 0.25) is 0 Å². The predicted octanol–water partition coefficient (Wildman–Crippen LogP) is 6.41. The summed E-state index contributed by atoms with van der Waals surface area (Å²) in [5, 5.41) is 13.9. The molecule has 3 heteroatoms. The van der Waals surface area contributed by atoms with Crippen molar-refractivity contribution < 1.29 is 5.11 Å². The van der Waals surface area contributed by atoms with Crippen molar-refractivity contribution in [1.29, 1.82) is 0 Å². The van der Waals surface area contributed by atoms with Crippen LogP contribution in [0.4, 0.5) is 0 Å². The van der Waals surface area contributed by atoms with Crippen molar-refractivity contribution in [2.45, 2.75) is 123 Å². The van der Waals surface area contributed by atoms with Gasteiger partial charge in [-0.25, -0.2) is 10.0 Å². The monoisotopic (exact) mass is 370 g/mol. The largest absolute Gasteiger partial charge is 0.393 e. The van der Waals surface area contributed by atoms with Gasteiger partial charge in [0.15, 0.2) is 0 Å². The fourth-order valence-corrected chi connectivity index (χ4v) is 3.49. The van der Waals surface area contributed by atoms with E-state index in [4.69, 9.17) is 0 Å². The number of hydrogen-bond donors (Lipinski definition) is 1. The summed E-state index contributed by atoms with van der Waals surface area (Å²) in [5.74, 6) is 0. The number of nitrogens with zero attached hydrogens (tertiary/aromatic N) is 2. The molecular weight excluding hydrogens is 320 g/mol. The second-order valence-electron chi connectivity index (χ2n) is 8.35. The highest BCUT2D eigenvalue weighted by molar-refractivity contribution is 4.55. The van der Waals surface area contributed by atoms with Crippen LogP contribution in [0.5, 0.6) is 0 Å². The van der Waals surface area contributed by atoms with Crippen molar-refractivity contribution in [3.05, 3.63) is 0 Å². The third-order valence-electron chi connectivity index (χ3n) is 5.52. The van der Waals surface area contributed by atoms with E-state index in [0.717, 1.165) is 25.9 Å². The molecule has 0 spiro atoms. The van der Waals surface area contributed by atoms with Crippen LogP contribution in [0.15, 0.2) is 0 Å². The van der Waals surface area contributed by atoms with Crippen LogP contribution in [0.25, 0.3) is 0 Å². The molecule has 0 rings (SSSR count).